The van der Waals surface area contributed by atoms with Gasteiger partial charge in [0.05, 0.1) is 11.6 Å². The lowest BCUT2D eigenvalue weighted by atomic mass is 10.1. The number of carbonyl (C=O) groups excluding carboxylic acids is 1. The number of halogens is 1. The molecule has 1 N–H and O–H groups in total. The molecule has 0 aliphatic carbocycles. The molecule has 0 spiro atoms. The Hall–Kier alpha value is -1.50. The van der Waals surface area contributed by atoms with Crippen molar-refractivity contribution in [1.29, 1.82) is 0 Å². The number of aromatic nitrogens is 1. The highest BCUT2D eigenvalue weighted by molar-refractivity contribution is 7.09. The first-order chi connectivity index (χ1) is 8.83. The number of alkyl halides is 1. The molecule has 1 aliphatic rings. The van der Waals surface area contributed by atoms with Crippen molar-refractivity contribution < 1.29 is 19.1 Å². The van der Waals surface area contributed by atoms with Crippen LogP contribution < -0.4 is 0 Å². The number of rotatable bonds is 3. The molecule has 7 heteroatoms. The van der Waals surface area contributed by atoms with E-state index in [2.05, 4.69) is 4.98 Å². The smallest absolute Gasteiger partial charge is 0.343 e. The summed E-state index contributed by atoms with van der Waals surface area (Å²) in [6.07, 6.45) is -0.171. The van der Waals surface area contributed by atoms with E-state index in [1.54, 1.807) is 5.38 Å². The van der Waals surface area contributed by atoms with Gasteiger partial charge >= 0.3 is 5.97 Å². The number of nitrogens with zero attached hydrogens (tertiary/aromatic N) is 2. The van der Waals surface area contributed by atoms with Crippen molar-refractivity contribution in [1.82, 2.24) is 9.88 Å². The Labute approximate surface area is 114 Å². The lowest BCUT2D eigenvalue weighted by molar-refractivity contribution is -0.149. The van der Waals surface area contributed by atoms with Gasteiger partial charge in [-0.15, -0.1) is 11.3 Å². The topological polar surface area (TPSA) is 70.5 Å². The molecular formula is C12H15FN2O3S. The van der Waals surface area contributed by atoms with Crippen LogP contribution in [0.15, 0.2) is 5.38 Å². The minimum Gasteiger partial charge on any atom is -0.479 e. The lowest BCUT2D eigenvalue weighted by Crippen LogP contribution is -2.39. The number of amides is 1. The summed E-state index contributed by atoms with van der Waals surface area (Å²) in [4.78, 5) is 28.3. The predicted octanol–water partition coefficient (Wildman–Crippen LogP) is 1.91. The van der Waals surface area contributed by atoms with Crippen molar-refractivity contribution in [2.45, 2.75) is 31.9 Å². The van der Waals surface area contributed by atoms with E-state index in [9.17, 15) is 14.0 Å². The van der Waals surface area contributed by atoms with Crippen molar-refractivity contribution in [3.05, 3.63) is 16.1 Å². The highest BCUT2D eigenvalue weighted by Gasteiger charge is 2.47. The maximum atomic E-state index is 13.9. The zero-order valence-corrected chi connectivity index (χ0v) is 11.5. The Morgan fingerprint density at radius 1 is 1.58 bits per heavy atom. The second-order valence-corrected chi connectivity index (χ2v) is 5.86. The summed E-state index contributed by atoms with van der Waals surface area (Å²) < 4.78 is 13.9. The standard InChI is InChI=1S/C12H15FN2O3S/c1-7(2)9-14-8(5-19-9)10(16)15-4-3-12(13,6-15)11(17)18/h5,7H,3-4,6H2,1-2H3,(H,17,18). The summed E-state index contributed by atoms with van der Waals surface area (Å²) in [5, 5.41) is 11.3. The zero-order valence-electron chi connectivity index (χ0n) is 10.7. The molecule has 0 bridgehead atoms. The van der Waals surface area contributed by atoms with Crippen LogP contribution in [0.5, 0.6) is 0 Å². The summed E-state index contributed by atoms with van der Waals surface area (Å²) in [5.74, 6) is -1.68. The van der Waals surface area contributed by atoms with E-state index >= 15 is 0 Å². The molecule has 1 saturated heterocycles. The zero-order chi connectivity index (χ0) is 14.2. The summed E-state index contributed by atoms with van der Waals surface area (Å²) in [7, 11) is 0. The second kappa shape index (κ2) is 4.88. The molecule has 0 radical (unpaired) electrons. The number of carboxylic acid groups (broad SMARTS) is 1. The van der Waals surface area contributed by atoms with E-state index in [0.717, 1.165) is 5.01 Å². The fraction of sp³-hybridized carbons (Fsp3) is 0.583. The van der Waals surface area contributed by atoms with Crippen LogP contribution >= 0.6 is 11.3 Å². The largest absolute Gasteiger partial charge is 0.479 e. The minimum atomic E-state index is -2.33. The third-order valence-electron chi connectivity index (χ3n) is 3.12. The van der Waals surface area contributed by atoms with E-state index in [0.29, 0.717) is 0 Å². The molecule has 0 saturated carbocycles. The molecule has 1 aliphatic heterocycles. The molecule has 19 heavy (non-hydrogen) atoms. The van der Waals surface area contributed by atoms with Gasteiger partial charge in [-0.2, -0.15) is 0 Å². The fourth-order valence-electron chi connectivity index (χ4n) is 1.93. The maximum Gasteiger partial charge on any atom is 0.343 e. The van der Waals surface area contributed by atoms with Crippen LogP contribution in [0.3, 0.4) is 0 Å². The van der Waals surface area contributed by atoms with Crippen LogP contribution in [0.25, 0.3) is 0 Å². The van der Waals surface area contributed by atoms with Gasteiger partial charge in [-0.05, 0) is 0 Å². The van der Waals surface area contributed by atoms with Crippen LogP contribution in [0.2, 0.25) is 0 Å². The minimum absolute atomic E-state index is 0.107. The molecule has 2 heterocycles. The summed E-state index contributed by atoms with van der Waals surface area (Å²) in [6, 6.07) is 0. The first-order valence-corrected chi connectivity index (χ1v) is 6.88. The molecule has 1 fully saturated rings. The summed E-state index contributed by atoms with van der Waals surface area (Å²) >= 11 is 1.38. The van der Waals surface area contributed by atoms with Gasteiger partial charge in [0.15, 0.2) is 0 Å². The van der Waals surface area contributed by atoms with Gasteiger partial charge in [0.1, 0.15) is 5.69 Å². The summed E-state index contributed by atoms with van der Waals surface area (Å²) in [5.41, 5.74) is -2.06. The molecule has 1 aromatic rings. The highest BCUT2D eigenvalue weighted by Crippen LogP contribution is 2.28. The Morgan fingerprint density at radius 3 is 2.74 bits per heavy atom. The number of likely N-dealkylation sites (tertiary alicyclic amines) is 1. The van der Waals surface area contributed by atoms with Crippen molar-refractivity contribution in [2.24, 2.45) is 0 Å². The van der Waals surface area contributed by atoms with E-state index in [1.807, 2.05) is 13.8 Å². The number of carbonyl (C=O) groups is 2. The molecule has 1 unspecified atom stereocenters. The Kier molecular flexibility index (Phi) is 3.58. The quantitative estimate of drug-likeness (QED) is 0.921. The average Bonchev–Trinajstić information content (AvgIpc) is 2.95. The van der Waals surface area contributed by atoms with Crippen molar-refractivity contribution >= 4 is 23.2 Å². The third-order valence-corrected chi connectivity index (χ3v) is 4.27. The van der Waals surface area contributed by atoms with Crippen molar-refractivity contribution in [3.8, 4) is 0 Å². The number of thiazole rings is 1. The predicted molar refractivity (Wildman–Crippen MR) is 68.2 cm³/mol. The van der Waals surface area contributed by atoms with Crippen LogP contribution in [-0.4, -0.2) is 45.6 Å². The van der Waals surface area contributed by atoms with E-state index in [4.69, 9.17) is 5.11 Å². The number of carboxylic acids is 1. The molecule has 5 nitrogen and oxygen atoms in total. The molecule has 1 amide bonds. The fourth-order valence-corrected chi connectivity index (χ4v) is 2.74. The van der Waals surface area contributed by atoms with E-state index in [1.165, 1.54) is 16.2 Å². The normalized spacial score (nSPS) is 23.1. The first kappa shape index (κ1) is 13.9. The summed E-state index contributed by atoms with van der Waals surface area (Å²) in [6.45, 7) is 3.64. The average molecular weight is 286 g/mol. The van der Waals surface area contributed by atoms with Crippen LogP contribution in [0.4, 0.5) is 4.39 Å². The lowest BCUT2D eigenvalue weighted by Gasteiger charge is -2.16. The van der Waals surface area contributed by atoms with Crippen molar-refractivity contribution in [3.63, 3.8) is 0 Å². The molecule has 104 valence electrons. The van der Waals surface area contributed by atoms with E-state index in [-0.39, 0.29) is 24.6 Å². The van der Waals surface area contributed by atoms with Gasteiger partial charge in [0, 0.05) is 24.3 Å². The van der Waals surface area contributed by atoms with Gasteiger partial charge in [0.25, 0.3) is 5.91 Å². The third kappa shape index (κ3) is 2.60. The number of hydrogen-bond donors (Lipinski definition) is 1. The van der Waals surface area contributed by atoms with Gasteiger partial charge in [-0.1, -0.05) is 13.8 Å². The first-order valence-electron chi connectivity index (χ1n) is 6.00. The van der Waals surface area contributed by atoms with Gasteiger partial charge < -0.3 is 10.0 Å². The molecule has 1 atom stereocenters. The molecular weight excluding hydrogens is 271 g/mol. The Bertz CT molecular complexity index is 517. The molecule has 1 aromatic heterocycles. The molecule has 0 aromatic carbocycles. The molecule has 2 rings (SSSR count). The monoisotopic (exact) mass is 286 g/mol. The van der Waals surface area contributed by atoms with Gasteiger partial charge in [-0.25, -0.2) is 14.2 Å². The maximum absolute atomic E-state index is 13.9. The van der Waals surface area contributed by atoms with Crippen LogP contribution in [0, 0.1) is 0 Å². The van der Waals surface area contributed by atoms with Crippen LogP contribution in [0.1, 0.15) is 41.7 Å². The Balaban J connectivity index is 2.11. The highest BCUT2D eigenvalue weighted by atomic mass is 32.1. The SMILES string of the molecule is CC(C)c1nc(C(=O)N2CCC(F)(C(=O)O)C2)cs1. The number of hydrogen-bond acceptors (Lipinski definition) is 4. The van der Waals surface area contributed by atoms with Gasteiger partial charge in [-0.3, -0.25) is 4.79 Å². The Morgan fingerprint density at radius 2 is 2.26 bits per heavy atom. The van der Waals surface area contributed by atoms with Crippen LogP contribution in [-0.2, 0) is 4.79 Å². The second-order valence-electron chi connectivity index (χ2n) is 4.97. The van der Waals surface area contributed by atoms with Gasteiger partial charge in [0.2, 0.25) is 5.67 Å². The van der Waals surface area contributed by atoms with E-state index < -0.39 is 24.1 Å². The van der Waals surface area contributed by atoms with Crippen molar-refractivity contribution in [2.75, 3.05) is 13.1 Å². The number of aliphatic carboxylic acids is 1.